The summed E-state index contributed by atoms with van der Waals surface area (Å²) in [6.45, 7) is 0. The maximum absolute atomic E-state index is 13.0. The maximum atomic E-state index is 13.0. The first kappa shape index (κ1) is 45.5. The molecule has 1 unspecified atom stereocenters. The molecule has 2 heterocycles. The van der Waals surface area contributed by atoms with E-state index < -0.39 is 105 Å². The first-order valence-corrected chi connectivity index (χ1v) is 16.7. The Morgan fingerprint density at radius 1 is 0.696 bits per heavy atom. The van der Waals surface area contributed by atoms with Crippen molar-refractivity contribution in [1.82, 2.24) is 4.98 Å². The molecule has 1 N–H and O–H groups in total. The van der Waals surface area contributed by atoms with Crippen molar-refractivity contribution in [3.63, 3.8) is 0 Å². The van der Waals surface area contributed by atoms with Crippen molar-refractivity contribution in [2.75, 3.05) is 11.5 Å². The Kier molecular flexibility index (Phi) is 20.3. The Hall–Kier alpha value is -2.67. The minimum Gasteiger partial charge on any atom is -0.748 e. The monoisotopic (exact) mass is 750 g/mol. The van der Waals surface area contributed by atoms with Crippen LogP contribution in [-0.4, -0.2) is 75.7 Å². The normalized spacial score (nSPS) is 13.1. The Morgan fingerprint density at radius 2 is 1.11 bits per heavy atom. The van der Waals surface area contributed by atoms with Gasteiger partial charge in [-0.2, -0.15) is 52.1 Å². The van der Waals surface area contributed by atoms with Gasteiger partial charge in [0, 0.05) is 56.0 Å². The summed E-state index contributed by atoms with van der Waals surface area (Å²) in [5.74, 6) is -1.79. The van der Waals surface area contributed by atoms with Crippen LogP contribution in [0.15, 0.2) is 61.2 Å². The molecule has 0 radical (unpaired) electrons. The molecule has 46 heavy (non-hydrogen) atoms. The van der Waals surface area contributed by atoms with E-state index in [1.165, 1.54) is 18.2 Å². The van der Waals surface area contributed by atoms with E-state index in [0.29, 0.717) is 3.97 Å². The molecule has 268 valence electrons. The van der Waals surface area contributed by atoms with Gasteiger partial charge in [-0.15, -0.1) is 8.42 Å². The minimum atomic E-state index is -4.56. The van der Waals surface area contributed by atoms with Crippen LogP contribution in [0.1, 0.15) is 38.5 Å². The fraction of sp³-hybridized carbons (Fsp3) is 0.545. The van der Waals surface area contributed by atoms with Gasteiger partial charge in [0.2, 0.25) is 6.36 Å². The van der Waals surface area contributed by atoms with Gasteiger partial charge in [-0.25, -0.2) is 12.8 Å². The van der Waals surface area contributed by atoms with Crippen LogP contribution in [-0.2, 0) is 34.7 Å². The third-order valence-corrected chi connectivity index (χ3v) is 6.92. The van der Waals surface area contributed by atoms with Crippen molar-refractivity contribution in [3.8, 4) is 0 Å². The summed E-state index contributed by atoms with van der Waals surface area (Å²) in [4.78, 5) is 3.78. The van der Waals surface area contributed by atoms with Gasteiger partial charge < -0.3 is 4.55 Å². The number of alkyl halides is 10. The van der Waals surface area contributed by atoms with Gasteiger partial charge in [-0.3, -0.25) is 9.54 Å². The molecule has 0 aromatic carbocycles. The van der Waals surface area contributed by atoms with Gasteiger partial charge in [0.05, 0.1) is 15.9 Å². The minimum absolute atomic E-state index is 0.563. The molecule has 0 aliphatic heterocycles. The van der Waals surface area contributed by atoms with Gasteiger partial charge in [0.15, 0.2) is 12.4 Å². The second-order valence-electron chi connectivity index (χ2n) is 8.33. The lowest BCUT2D eigenvalue weighted by atomic mass is 10.3. The Bertz CT molecular complexity index is 1330. The predicted molar refractivity (Wildman–Crippen MR) is 138 cm³/mol. The number of pyridine rings is 2. The van der Waals surface area contributed by atoms with Gasteiger partial charge in [-0.05, 0) is 25.0 Å². The molecule has 2 aromatic rings. The summed E-state index contributed by atoms with van der Waals surface area (Å²) < 4.78 is 201. The van der Waals surface area contributed by atoms with Crippen LogP contribution >= 0.6 is 0 Å². The highest BCUT2D eigenvalue weighted by molar-refractivity contribution is 7.85. The zero-order chi connectivity index (χ0) is 36.3. The summed E-state index contributed by atoms with van der Waals surface area (Å²) in [7, 11) is -13.2. The van der Waals surface area contributed by atoms with Gasteiger partial charge in [0.1, 0.15) is 0 Å². The molecular formula is C22H28F10N2O9S3. The highest BCUT2D eigenvalue weighted by Crippen LogP contribution is 2.24. The first-order valence-electron chi connectivity index (χ1n) is 12.1. The van der Waals surface area contributed by atoms with Gasteiger partial charge in [0.25, 0.3) is 10.1 Å². The molecule has 0 saturated heterocycles. The molecule has 0 spiro atoms. The summed E-state index contributed by atoms with van der Waals surface area (Å²) in [5, 5.41) is 0. The zero-order valence-corrected chi connectivity index (χ0v) is 25.6. The van der Waals surface area contributed by atoms with Crippen molar-refractivity contribution in [2.45, 2.75) is 63.4 Å². The van der Waals surface area contributed by atoms with E-state index in [0.717, 1.165) is 12.4 Å². The van der Waals surface area contributed by atoms with Crippen LogP contribution in [0.2, 0.25) is 0 Å². The molecule has 1 atom stereocenters. The van der Waals surface area contributed by atoms with Crippen LogP contribution < -0.4 is 3.97 Å². The molecule has 0 aliphatic carbocycles. The Labute approximate surface area is 258 Å². The van der Waals surface area contributed by atoms with Gasteiger partial charge in [-0.1, -0.05) is 16.1 Å². The molecule has 2 aromatic heterocycles. The SMILES string of the molecule is O=S(=O)(O)CCCC(F)(F)F.O=S(=O)(OC(F)CCC(F)(F)F)[n+]1ccccc1.O=S(=O)([O-])CCCC(F)(F)F.c1ccncc1. The summed E-state index contributed by atoms with van der Waals surface area (Å²) in [6.07, 6.45) is -16.4. The standard InChI is InChI=1S/C9H10F4NO3S.C5H5N.2C4H7F3O3S/c10-8(4-5-9(11,12)13)17-18(15,16)14-6-2-1-3-7-14;1-2-4-6-5-3-1;2*5-4(6,7)2-1-3-11(8,9)10/h1-3,6-8H,4-5H2;1-5H;2*1-3H2,(H,8,9,10)/q+1;;;/p-1. The van der Waals surface area contributed by atoms with E-state index in [-0.39, 0.29) is 0 Å². The van der Waals surface area contributed by atoms with E-state index in [9.17, 15) is 73.7 Å². The number of hydrogen-bond donors (Lipinski definition) is 1. The maximum Gasteiger partial charge on any atom is 0.516 e. The lowest BCUT2D eigenvalue weighted by Gasteiger charge is -2.08. The quantitative estimate of drug-likeness (QED) is 0.189. The third kappa shape index (κ3) is 34.2. The van der Waals surface area contributed by atoms with E-state index in [4.69, 9.17) is 4.55 Å². The molecular weight excluding hydrogens is 722 g/mol. The number of rotatable bonds is 11. The van der Waals surface area contributed by atoms with Crippen LogP contribution in [0.4, 0.5) is 43.9 Å². The highest BCUT2D eigenvalue weighted by Gasteiger charge is 2.33. The second-order valence-corrected chi connectivity index (χ2v) is 12.9. The van der Waals surface area contributed by atoms with Crippen molar-refractivity contribution in [2.24, 2.45) is 0 Å². The lowest BCUT2D eigenvalue weighted by molar-refractivity contribution is -0.521. The van der Waals surface area contributed by atoms with Crippen LogP contribution in [0, 0.1) is 0 Å². The van der Waals surface area contributed by atoms with Crippen molar-refractivity contribution in [1.29, 1.82) is 0 Å². The average Bonchev–Trinajstić information content (AvgIpc) is 2.86. The van der Waals surface area contributed by atoms with E-state index in [1.54, 1.807) is 12.4 Å². The van der Waals surface area contributed by atoms with Crippen LogP contribution in [0.5, 0.6) is 0 Å². The van der Waals surface area contributed by atoms with Crippen LogP contribution in [0.25, 0.3) is 0 Å². The molecule has 0 amide bonds. The smallest absolute Gasteiger partial charge is 0.516 e. The highest BCUT2D eigenvalue weighted by atomic mass is 32.2. The average molecular weight is 751 g/mol. The fourth-order valence-corrected chi connectivity index (χ4v) is 4.16. The third-order valence-electron chi connectivity index (χ3n) is 4.11. The molecule has 0 bridgehead atoms. The molecule has 24 heteroatoms. The van der Waals surface area contributed by atoms with E-state index in [1.807, 2.05) is 18.2 Å². The molecule has 2 rings (SSSR count). The topological polar surface area (TPSA) is 172 Å². The van der Waals surface area contributed by atoms with E-state index >= 15 is 0 Å². The summed E-state index contributed by atoms with van der Waals surface area (Å²) in [6, 6.07) is 9.93. The van der Waals surface area contributed by atoms with E-state index in [2.05, 4.69) is 9.17 Å². The first-order chi connectivity index (χ1) is 20.6. The van der Waals surface area contributed by atoms with Crippen LogP contribution in [0.3, 0.4) is 0 Å². The second kappa shape index (κ2) is 20.5. The Morgan fingerprint density at radius 3 is 1.43 bits per heavy atom. The van der Waals surface area contributed by atoms with Crippen molar-refractivity contribution in [3.05, 3.63) is 61.2 Å². The number of halogens is 10. The van der Waals surface area contributed by atoms with Crippen molar-refractivity contribution < 1.29 is 86.4 Å². The summed E-state index contributed by atoms with van der Waals surface area (Å²) >= 11 is 0. The molecule has 0 fully saturated rings. The molecule has 11 nitrogen and oxygen atoms in total. The number of aromatic nitrogens is 2. The molecule has 0 saturated carbocycles. The predicted octanol–water partition coefficient (Wildman–Crippen LogP) is 4.89. The lowest BCUT2D eigenvalue weighted by Crippen LogP contribution is -2.44. The summed E-state index contributed by atoms with van der Waals surface area (Å²) in [5.41, 5.74) is 0. The molecule has 0 aliphatic rings. The van der Waals surface area contributed by atoms with Gasteiger partial charge >= 0.3 is 28.8 Å². The zero-order valence-electron chi connectivity index (χ0n) is 23.1. The number of hydrogen-bond acceptors (Lipinski definition) is 9. The van der Waals surface area contributed by atoms with Crippen molar-refractivity contribution >= 4 is 30.5 Å². The Balaban J connectivity index is 0. The fourth-order valence-electron chi connectivity index (χ4n) is 2.26. The number of nitrogens with zero attached hydrogens (tertiary/aromatic N) is 2. The largest absolute Gasteiger partial charge is 0.748 e.